The fourth-order valence-electron chi connectivity index (χ4n) is 1.86. The Morgan fingerprint density at radius 1 is 1.16 bits per heavy atom. The van der Waals surface area contributed by atoms with Crippen molar-refractivity contribution < 1.29 is 4.79 Å². The zero-order valence-electron chi connectivity index (χ0n) is 10.2. The molecule has 0 atom stereocenters. The molecule has 3 nitrogen and oxygen atoms in total. The van der Waals surface area contributed by atoms with E-state index in [0.717, 1.165) is 10.6 Å². The highest BCUT2D eigenvalue weighted by Gasteiger charge is 2.10. The van der Waals surface area contributed by atoms with Gasteiger partial charge in [0, 0.05) is 17.5 Å². The van der Waals surface area contributed by atoms with Gasteiger partial charge >= 0.3 is 0 Å². The van der Waals surface area contributed by atoms with Gasteiger partial charge in [-0.1, -0.05) is 24.3 Å². The number of benzene rings is 1. The monoisotopic (exact) mass is 268 g/mol. The van der Waals surface area contributed by atoms with Crippen LogP contribution in [0.4, 0.5) is 0 Å². The summed E-state index contributed by atoms with van der Waals surface area (Å²) < 4.78 is 1.72. The topological polar surface area (TPSA) is 34.9 Å². The molecular formula is C15H12N2OS. The number of ketones is 1. The molecule has 94 valence electrons. The average molecular weight is 268 g/mol. The first kappa shape index (κ1) is 11.9. The highest BCUT2D eigenvalue weighted by Crippen LogP contribution is 2.14. The van der Waals surface area contributed by atoms with Crippen LogP contribution in [0.5, 0.6) is 0 Å². The van der Waals surface area contributed by atoms with Crippen LogP contribution in [0, 0.1) is 0 Å². The van der Waals surface area contributed by atoms with Crippen molar-refractivity contribution in [2.45, 2.75) is 6.42 Å². The molecule has 2 aromatic heterocycles. The minimum Gasteiger partial charge on any atom is -0.294 e. The molecule has 0 saturated heterocycles. The minimum atomic E-state index is 0.102. The standard InChI is InChI=1S/C15H12N2OS/c18-15(9-14-7-4-8-19-14)12-10-16-17(11-12)13-5-2-1-3-6-13/h1-8,10-11H,9H2. The van der Waals surface area contributed by atoms with Gasteiger partial charge in [-0.3, -0.25) is 4.79 Å². The molecule has 0 bridgehead atoms. The molecule has 19 heavy (non-hydrogen) atoms. The lowest BCUT2D eigenvalue weighted by molar-refractivity contribution is 0.0994. The number of Topliss-reactive ketones (excluding diaryl/α,β-unsaturated/α-hetero) is 1. The molecular weight excluding hydrogens is 256 g/mol. The Balaban J connectivity index is 1.80. The first-order valence-corrected chi connectivity index (χ1v) is 6.86. The maximum atomic E-state index is 12.1. The van der Waals surface area contributed by atoms with Gasteiger partial charge in [0.05, 0.1) is 17.4 Å². The predicted octanol–water partition coefficient (Wildman–Crippen LogP) is 3.36. The van der Waals surface area contributed by atoms with Crippen LogP contribution in [0.25, 0.3) is 5.69 Å². The molecule has 0 aliphatic carbocycles. The number of carbonyl (C=O) groups excluding carboxylic acids is 1. The molecule has 3 aromatic rings. The van der Waals surface area contributed by atoms with Gasteiger partial charge in [0.1, 0.15) is 0 Å². The first-order valence-electron chi connectivity index (χ1n) is 5.98. The molecule has 1 aromatic carbocycles. The summed E-state index contributed by atoms with van der Waals surface area (Å²) in [7, 11) is 0. The maximum absolute atomic E-state index is 12.1. The Kier molecular flexibility index (Phi) is 3.25. The second-order valence-electron chi connectivity index (χ2n) is 4.19. The van der Waals surface area contributed by atoms with Gasteiger partial charge < -0.3 is 0 Å². The molecule has 4 heteroatoms. The molecule has 0 saturated carbocycles. The van der Waals surface area contributed by atoms with Gasteiger partial charge in [0.2, 0.25) is 0 Å². The Labute approximate surface area is 115 Å². The maximum Gasteiger partial charge on any atom is 0.171 e. The zero-order valence-corrected chi connectivity index (χ0v) is 11.0. The molecule has 0 N–H and O–H groups in total. The van der Waals surface area contributed by atoms with E-state index >= 15 is 0 Å². The highest BCUT2D eigenvalue weighted by molar-refractivity contribution is 7.10. The van der Waals surface area contributed by atoms with Crippen molar-refractivity contribution in [3.05, 3.63) is 70.7 Å². The lowest BCUT2D eigenvalue weighted by atomic mass is 10.1. The molecule has 0 unspecified atom stereocenters. The number of hydrogen-bond acceptors (Lipinski definition) is 3. The quantitative estimate of drug-likeness (QED) is 0.680. The molecule has 0 radical (unpaired) electrons. The van der Waals surface area contributed by atoms with E-state index in [2.05, 4.69) is 5.10 Å². The zero-order chi connectivity index (χ0) is 13.1. The van der Waals surface area contributed by atoms with E-state index in [1.165, 1.54) is 0 Å². The summed E-state index contributed by atoms with van der Waals surface area (Å²) in [5.74, 6) is 0.102. The number of hydrogen-bond donors (Lipinski definition) is 0. The summed E-state index contributed by atoms with van der Waals surface area (Å²) in [6.45, 7) is 0. The lowest BCUT2D eigenvalue weighted by Gasteiger charge is -1.99. The van der Waals surface area contributed by atoms with Gasteiger partial charge in [-0.2, -0.15) is 5.10 Å². The van der Waals surface area contributed by atoms with E-state index in [0.29, 0.717) is 12.0 Å². The van der Waals surface area contributed by atoms with E-state index in [1.54, 1.807) is 28.4 Å². The van der Waals surface area contributed by atoms with E-state index in [4.69, 9.17) is 0 Å². The number of aromatic nitrogens is 2. The van der Waals surface area contributed by atoms with Gasteiger partial charge in [-0.25, -0.2) is 4.68 Å². The van der Waals surface area contributed by atoms with E-state index < -0.39 is 0 Å². The minimum absolute atomic E-state index is 0.102. The fraction of sp³-hybridized carbons (Fsp3) is 0.0667. The van der Waals surface area contributed by atoms with Crippen molar-refractivity contribution in [3.63, 3.8) is 0 Å². The highest BCUT2D eigenvalue weighted by atomic mass is 32.1. The number of carbonyl (C=O) groups is 1. The van der Waals surface area contributed by atoms with Crippen LogP contribution in [0.1, 0.15) is 15.2 Å². The van der Waals surface area contributed by atoms with Crippen LogP contribution >= 0.6 is 11.3 Å². The van der Waals surface area contributed by atoms with Crippen LogP contribution in [0.15, 0.2) is 60.2 Å². The van der Waals surface area contributed by atoms with Crippen LogP contribution in [-0.2, 0) is 6.42 Å². The normalized spacial score (nSPS) is 10.5. The van der Waals surface area contributed by atoms with Crippen LogP contribution < -0.4 is 0 Å². The number of thiophene rings is 1. The van der Waals surface area contributed by atoms with Crippen molar-refractivity contribution in [2.75, 3.05) is 0 Å². The Bertz CT molecular complexity index is 671. The summed E-state index contributed by atoms with van der Waals surface area (Å²) >= 11 is 1.60. The second-order valence-corrected chi connectivity index (χ2v) is 5.22. The lowest BCUT2D eigenvalue weighted by Crippen LogP contribution is -2.00. The number of nitrogens with zero attached hydrogens (tertiary/aromatic N) is 2. The molecule has 3 rings (SSSR count). The van der Waals surface area contributed by atoms with E-state index in [1.807, 2.05) is 47.8 Å². The first-order chi connectivity index (χ1) is 9.33. The summed E-state index contributed by atoms with van der Waals surface area (Å²) in [5, 5.41) is 6.22. The summed E-state index contributed by atoms with van der Waals surface area (Å²) in [4.78, 5) is 13.2. The smallest absolute Gasteiger partial charge is 0.171 e. The third kappa shape index (κ3) is 2.63. The van der Waals surface area contributed by atoms with Gasteiger partial charge in [0.15, 0.2) is 5.78 Å². The Morgan fingerprint density at radius 3 is 2.74 bits per heavy atom. The SMILES string of the molecule is O=C(Cc1cccs1)c1cnn(-c2ccccc2)c1. The third-order valence-electron chi connectivity index (χ3n) is 2.84. The Hall–Kier alpha value is -2.20. The molecule has 2 heterocycles. The van der Waals surface area contributed by atoms with Crippen LogP contribution in [-0.4, -0.2) is 15.6 Å². The van der Waals surface area contributed by atoms with Crippen LogP contribution in [0.2, 0.25) is 0 Å². The third-order valence-corrected chi connectivity index (χ3v) is 3.72. The summed E-state index contributed by atoms with van der Waals surface area (Å²) in [5.41, 5.74) is 1.61. The largest absolute Gasteiger partial charge is 0.294 e. The molecule has 0 aliphatic rings. The Morgan fingerprint density at radius 2 is 2.00 bits per heavy atom. The van der Waals surface area contributed by atoms with Gasteiger partial charge in [0.25, 0.3) is 0 Å². The summed E-state index contributed by atoms with van der Waals surface area (Å²) in [6, 6.07) is 13.7. The predicted molar refractivity (Wildman–Crippen MR) is 75.9 cm³/mol. The van der Waals surface area contributed by atoms with Crippen molar-refractivity contribution >= 4 is 17.1 Å². The average Bonchev–Trinajstić information content (AvgIpc) is 3.10. The molecule has 0 aliphatic heterocycles. The number of para-hydroxylation sites is 1. The van der Waals surface area contributed by atoms with Crippen molar-refractivity contribution in [3.8, 4) is 5.69 Å². The van der Waals surface area contributed by atoms with Gasteiger partial charge in [-0.05, 0) is 23.6 Å². The van der Waals surface area contributed by atoms with E-state index in [-0.39, 0.29) is 5.78 Å². The summed E-state index contributed by atoms with van der Waals surface area (Å²) in [6.07, 6.45) is 3.85. The van der Waals surface area contributed by atoms with Crippen LogP contribution in [0.3, 0.4) is 0 Å². The van der Waals surface area contributed by atoms with Crippen molar-refractivity contribution in [1.82, 2.24) is 9.78 Å². The number of rotatable bonds is 4. The fourth-order valence-corrected chi connectivity index (χ4v) is 2.57. The molecule has 0 spiro atoms. The molecule has 0 amide bonds. The van der Waals surface area contributed by atoms with Crippen molar-refractivity contribution in [1.29, 1.82) is 0 Å². The van der Waals surface area contributed by atoms with E-state index in [9.17, 15) is 4.79 Å². The van der Waals surface area contributed by atoms with Gasteiger partial charge in [-0.15, -0.1) is 11.3 Å². The van der Waals surface area contributed by atoms with Crippen molar-refractivity contribution in [2.24, 2.45) is 0 Å². The molecule has 0 fully saturated rings. The second kappa shape index (κ2) is 5.20.